The maximum atomic E-state index is 12.4. The van der Waals surface area contributed by atoms with Crippen molar-refractivity contribution in [2.75, 3.05) is 18.8 Å². The Bertz CT molecular complexity index is 615. The second kappa shape index (κ2) is 4.22. The fraction of sp³-hybridized carbons (Fsp3) is 0.308. The van der Waals surface area contributed by atoms with Crippen LogP contribution < -0.4 is 16.4 Å². The normalized spacial score (nSPS) is 24.9. The van der Waals surface area contributed by atoms with Crippen LogP contribution in [-0.4, -0.2) is 41.4 Å². The van der Waals surface area contributed by atoms with Gasteiger partial charge in [-0.25, -0.2) is 4.79 Å². The van der Waals surface area contributed by atoms with Gasteiger partial charge in [0.1, 0.15) is 5.54 Å². The van der Waals surface area contributed by atoms with Crippen LogP contribution in [0.2, 0.25) is 0 Å². The number of hydrogen-bond acceptors (Lipinski definition) is 4. The van der Waals surface area contributed by atoms with Gasteiger partial charge in [0.2, 0.25) is 0 Å². The SMILES string of the molecule is Nc1ccccc1C(=O)N1CCC2(C1)NC(=O)NC2=O. The van der Waals surface area contributed by atoms with Gasteiger partial charge in [0.05, 0.1) is 12.1 Å². The van der Waals surface area contributed by atoms with E-state index in [-0.39, 0.29) is 18.4 Å². The van der Waals surface area contributed by atoms with E-state index in [1.54, 1.807) is 24.3 Å². The summed E-state index contributed by atoms with van der Waals surface area (Å²) in [5.74, 6) is -0.604. The molecule has 1 unspecified atom stereocenters. The van der Waals surface area contributed by atoms with E-state index in [9.17, 15) is 14.4 Å². The topological polar surface area (TPSA) is 105 Å². The van der Waals surface area contributed by atoms with Crippen LogP contribution in [0, 0.1) is 0 Å². The zero-order valence-corrected chi connectivity index (χ0v) is 10.7. The summed E-state index contributed by atoms with van der Waals surface area (Å²) in [7, 11) is 0. The first-order valence-electron chi connectivity index (χ1n) is 6.29. The number of hydrogen-bond donors (Lipinski definition) is 3. The molecule has 2 fully saturated rings. The summed E-state index contributed by atoms with van der Waals surface area (Å²) in [6, 6.07) is 6.28. The van der Waals surface area contributed by atoms with E-state index in [0.717, 1.165) is 0 Å². The summed E-state index contributed by atoms with van der Waals surface area (Å²) in [6.45, 7) is 0.568. The third-order valence-electron chi connectivity index (χ3n) is 3.76. The average molecular weight is 274 g/mol. The van der Waals surface area contributed by atoms with Crippen LogP contribution in [0.25, 0.3) is 0 Å². The quantitative estimate of drug-likeness (QED) is 0.482. The number of nitrogens with one attached hydrogen (secondary N) is 2. The molecule has 1 spiro atoms. The molecule has 0 radical (unpaired) electrons. The molecule has 2 heterocycles. The minimum absolute atomic E-state index is 0.164. The first-order valence-corrected chi connectivity index (χ1v) is 6.29. The van der Waals surface area contributed by atoms with Crippen LogP contribution in [0.3, 0.4) is 0 Å². The van der Waals surface area contributed by atoms with Gasteiger partial charge in [-0.05, 0) is 18.6 Å². The molecule has 4 amide bonds. The number of nitrogen functional groups attached to an aromatic ring is 1. The Balaban J connectivity index is 1.81. The Morgan fingerprint density at radius 3 is 2.70 bits per heavy atom. The number of likely N-dealkylation sites (tertiary alicyclic amines) is 1. The second-order valence-electron chi connectivity index (χ2n) is 5.05. The molecule has 20 heavy (non-hydrogen) atoms. The van der Waals surface area contributed by atoms with Gasteiger partial charge in [0.25, 0.3) is 11.8 Å². The highest BCUT2D eigenvalue weighted by atomic mass is 16.2. The monoisotopic (exact) mass is 274 g/mol. The molecule has 1 aromatic rings. The van der Waals surface area contributed by atoms with Crippen LogP contribution in [0.5, 0.6) is 0 Å². The third-order valence-corrected chi connectivity index (χ3v) is 3.76. The number of urea groups is 1. The highest BCUT2D eigenvalue weighted by Crippen LogP contribution is 2.26. The van der Waals surface area contributed by atoms with E-state index in [2.05, 4.69) is 10.6 Å². The number of anilines is 1. The Kier molecular flexibility index (Phi) is 2.63. The van der Waals surface area contributed by atoms with Crippen LogP contribution >= 0.6 is 0 Å². The van der Waals surface area contributed by atoms with Crippen molar-refractivity contribution in [3.05, 3.63) is 29.8 Å². The summed E-state index contributed by atoms with van der Waals surface area (Å²) in [5, 5.41) is 4.81. The highest BCUT2D eigenvalue weighted by molar-refractivity contribution is 6.08. The summed E-state index contributed by atoms with van der Waals surface area (Å²) in [5.41, 5.74) is 5.61. The molecule has 7 nitrogen and oxygen atoms in total. The number of para-hydroxylation sites is 1. The number of nitrogens with zero attached hydrogens (tertiary/aromatic N) is 1. The number of rotatable bonds is 1. The van der Waals surface area contributed by atoms with Gasteiger partial charge in [-0.3, -0.25) is 14.9 Å². The molecule has 104 valence electrons. The molecule has 7 heteroatoms. The summed E-state index contributed by atoms with van der Waals surface area (Å²) in [6.07, 6.45) is 0.406. The van der Waals surface area contributed by atoms with Gasteiger partial charge in [-0.2, -0.15) is 0 Å². The molecule has 2 aliphatic heterocycles. The highest BCUT2D eigenvalue weighted by Gasteiger charge is 2.51. The number of carbonyl (C=O) groups excluding carboxylic acids is 3. The molecular weight excluding hydrogens is 260 g/mol. The van der Waals surface area contributed by atoms with Crippen molar-refractivity contribution < 1.29 is 14.4 Å². The van der Waals surface area contributed by atoms with Crippen molar-refractivity contribution in [1.29, 1.82) is 0 Å². The molecule has 0 saturated carbocycles. The van der Waals surface area contributed by atoms with Crippen LogP contribution in [0.1, 0.15) is 16.8 Å². The minimum atomic E-state index is -0.990. The predicted octanol–water partition coefficient (Wildman–Crippen LogP) is -0.307. The Morgan fingerprint density at radius 2 is 2.05 bits per heavy atom. The number of nitrogens with two attached hydrogens (primary N) is 1. The van der Waals surface area contributed by atoms with E-state index in [1.165, 1.54) is 4.90 Å². The third kappa shape index (κ3) is 1.78. The summed E-state index contributed by atoms with van der Waals surface area (Å²) < 4.78 is 0. The van der Waals surface area contributed by atoms with Gasteiger partial charge >= 0.3 is 6.03 Å². The molecule has 1 aromatic carbocycles. The van der Waals surface area contributed by atoms with Crippen molar-refractivity contribution >= 4 is 23.5 Å². The van der Waals surface area contributed by atoms with Gasteiger partial charge < -0.3 is 16.0 Å². The lowest BCUT2D eigenvalue weighted by molar-refractivity contribution is -0.123. The Morgan fingerprint density at radius 1 is 1.30 bits per heavy atom. The van der Waals surface area contributed by atoms with E-state index in [0.29, 0.717) is 24.2 Å². The molecule has 0 bridgehead atoms. The Hall–Kier alpha value is -2.57. The van der Waals surface area contributed by atoms with Crippen molar-refractivity contribution in [2.24, 2.45) is 0 Å². The summed E-state index contributed by atoms with van der Waals surface area (Å²) >= 11 is 0. The number of amides is 4. The molecule has 1 atom stereocenters. The van der Waals surface area contributed by atoms with Crippen molar-refractivity contribution in [3.63, 3.8) is 0 Å². The average Bonchev–Trinajstić information content (AvgIpc) is 2.95. The molecule has 4 N–H and O–H groups in total. The first-order chi connectivity index (χ1) is 9.52. The van der Waals surface area contributed by atoms with Gasteiger partial charge in [0.15, 0.2) is 0 Å². The smallest absolute Gasteiger partial charge is 0.322 e. The first kappa shape index (κ1) is 12.5. The van der Waals surface area contributed by atoms with Gasteiger partial charge in [-0.15, -0.1) is 0 Å². The molecule has 0 aromatic heterocycles. The Labute approximate surface area is 115 Å². The predicted molar refractivity (Wildman–Crippen MR) is 70.8 cm³/mol. The molecule has 0 aliphatic carbocycles. The van der Waals surface area contributed by atoms with Crippen LogP contribution in [0.4, 0.5) is 10.5 Å². The molecular formula is C13H14N4O3. The van der Waals surface area contributed by atoms with Gasteiger partial charge in [-0.1, -0.05) is 12.1 Å². The maximum absolute atomic E-state index is 12.4. The minimum Gasteiger partial charge on any atom is -0.398 e. The van der Waals surface area contributed by atoms with E-state index in [1.807, 2.05) is 0 Å². The zero-order chi connectivity index (χ0) is 14.3. The molecule has 2 saturated heterocycles. The second-order valence-corrected chi connectivity index (χ2v) is 5.05. The van der Waals surface area contributed by atoms with E-state index < -0.39 is 11.6 Å². The largest absolute Gasteiger partial charge is 0.398 e. The van der Waals surface area contributed by atoms with Crippen LogP contribution in [0.15, 0.2) is 24.3 Å². The van der Waals surface area contributed by atoms with Crippen molar-refractivity contribution in [1.82, 2.24) is 15.5 Å². The zero-order valence-electron chi connectivity index (χ0n) is 10.7. The standard InChI is InChI=1S/C13H14N4O3/c14-9-4-2-1-3-8(9)10(18)17-6-5-13(7-17)11(19)15-12(20)16-13/h1-4H,5-7,14H2,(H2,15,16,19,20). The van der Waals surface area contributed by atoms with E-state index >= 15 is 0 Å². The number of carbonyl (C=O) groups is 3. The summed E-state index contributed by atoms with van der Waals surface area (Å²) in [4.78, 5) is 37.0. The van der Waals surface area contributed by atoms with Gasteiger partial charge in [0, 0.05) is 12.2 Å². The maximum Gasteiger partial charge on any atom is 0.322 e. The van der Waals surface area contributed by atoms with Crippen molar-refractivity contribution in [2.45, 2.75) is 12.0 Å². The molecule has 2 aliphatic rings. The number of benzene rings is 1. The fourth-order valence-electron chi connectivity index (χ4n) is 2.66. The number of imide groups is 1. The van der Waals surface area contributed by atoms with Crippen molar-refractivity contribution in [3.8, 4) is 0 Å². The lowest BCUT2D eigenvalue weighted by Gasteiger charge is -2.21. The lowest BCUT2D eigenvalue weighted by Crippen LogP contribution is -2.49. The van der Waals surface area contributed by atoms with Crippen LogP contribution in [-0.2, 0) is 4.79 Å². The van der Waals surface area contributed by atoms with E-state index in [4.69, 9.17) is 5.73 Å². The lowest BCUT2D eigenvalue weighted by atomic mass is 9.99. The fourth-order valence-corrected chi connectivity index (χ4v) is 2.66. The molecule has 3 rings (SSSR count).